The molecule has 0 aliphatic rings. The van der Waals surface area contributed by atoms with Gasteiger partial charge in [-0.1, -0.05) is 0 Å². The normalized spacial score (nSPS) is 10.1. The van der Waals surface area contributed by atoms with Crippen LogP contribution in [0.1, 0.15) is 10.4 Å². The molecular formula is C10H16N4O2. The molecule has 0 saturated carbocycles. The summed E-state index contributed by atoms with van der Waals surface area (Å²) in [5, 5.41) is 0. The maximum Gasteiger partial charge on any atom is 0.257 e. The predicted octanol–water partition coefficient (Wildman–Crippen LogP) is -0.476. The molecule has 1 rings (SSSR count). The molecule has 1 aromatic heterocycles. The zero-order chi connectivity index (χ0) is 11.8. The minimum Gasteiger partial charge on any atom is -0.383 e. The molecule has 0 atom stereocenters. The largest absolute Gasteiger partial charge is 0.383 e. The van der Waals surface area contributed by atoms with Gasteiger partial charge in [-0.05, 0) is 0 Å². The van der Waals surface area contributed by atoms with Gasteiger partial charge in [0.2, 0.25) is 0 Å². The van der Waals surface area contributed by atoms with Crippen LogP contribution in [0.3, 0.4) is 0 Å². The molecule has 88 valence electrons. The molecule has 0 spiro atoms. The predicted molar refractivity (Wildman–Crippen MR) is 58.9 cm³/mol. The van der Waals surface area contributed by atoms with Crippen molar-refractivity contribution in [2.75, 3.05) is 33.4 Å². The number of rotatable bonds is 6. The van der Waals surface area contributed by atoms with Crippen LogP contribution in [0, 0.1) is 0 Å². The van der Waals surface area contributed by atoms with Crippen LogP contribution >= 0.6 is 0 Å². The summed E-state index contributed by atoms with van der Waals surface area (Å²) in [5.74, 6) is -0.122. The first-order valence-corrected chi connectivity index (χ1v) is 5.03. The SMILES string of the molecule is COCCN(CCN)C(=O)c1cncnc1. The van der Waals surface area contributed by atoms with Gasteiger partial charge in [-0.15, -0.1) is 0 Å². The molecule has 0 radical (unpaired) electrons. The Morgan fingerprint density at radius 3 is 2.69 bits per heavy atom. The van der Waals surface area contributed by atoms with E-state index >= 15 is 0 Å². The molecule has 0 aliphatic heterocycles. The fraction of sp³-hybridized carbons (Fsp3) is 0.500. The van der Waals surface area contributed by atoms with Gasteiger partial charge in [0.1, 0.15) is 6.33 Å². The molecule has 0 saturated heterocycles. The highest BCUT2D eigenvalue weighted by molar-refractivity contribution is 5.93. The van der Waals surface area contributed by atoms with Gasteiger partial charge < -0.3 is 15.4 Å². The van der Waals surface area contributed by atoms with E-state index in [2.05, 4.69) is 9.97 Å². The van der Waals surface area contributed by atoms with Crippen molar-refractivity contribution in [3.05, 3.63) is 24.3 Å². The molecule has 0 fully saturated rings. The van der Waals surface area contributed by atoms with E-state index in [-0.39, 0.29) is 5.91 Å². The standard InChI is InChI=1S/C10H16N4O2/c1-16-5-4-14(3-2-11)10(15)9-6-12-8-13-7-9/h6-8H,2-5,11H2,1H3. The number of nitrogens with two attached hydrogens (primary N) is 1. The lowest BCUT2D eigenvalue weighted by Crippen LogP contribution is -2.37. The molecule has 1 aromatic rings. The van der Waals surface area contributed by atoms with Crippen molar-refractivity contribution in [2.24, 2.45) is 5.73 Å². The summed E-state index contributed by atoms with van der Waals surface area (Å²) >= 11 is 0. The Morgan fingerprint density at radius 2 is 2.12 bits per heavy atom. The lowest BCUT2D eigenvalue weighted by Gasteiger charge is -2.21. The van der Waals surface area contributed by atoms with Crippen LogP contribution < -0.4 is 5.73 Å². The van der Waals surface area contributed by atoms with E-state index in [0.717, 1.165) is 0 Å². The Labute approximate surface area is 94.4 Å². The third-order valence-electron chi connectivity index (χ3n) is 2.06. The van der Waals surface area contributed by atoms with Gasteiger partial charge in [-0.2, -0.15) is 0 Å². The van der Waals surface area contributed by atoms with Crippen molar-refractivity contribution in [3.63, 3.8) is 0 Å². The molecule has 0 aliphatic carbocycles. The van der Waals surface area contributed by atoms with E-state index in [4.69, 9.17) is 10.5 Å². The average molecular weight is 224 g/mol. The fourth-order valence-electron chi connectivity index (χ4n) is 1.26. The maximum atomic E-state index is 12.0. The first-order valence-electron chi connectivity index (χ1n) is 5.03. The van der Waals surface area contributed by atoms with Gasteiger partial charge in [0.15, 0.2) is 0 Å². The Bertz CT molecular complexity index is 318. The highest BCUT2D eigenvalue weighted by Crippen LogP contribution is 2.01. The zero-order valence-electron chi connectivity index (χ0n) is 9.30. The summed E-state index contributed by atoms with van der Waals surface area (Å²) in [7, 11) is 1.59. The number of hydrogen-bond acceptors (Lipinski definition) is 5. The Balaban J connectivity index is 2.67. The van der Waals surface area contributed by atoms with Crippen molar-refractivity contribution in [1.82, 2.24) is 14.9 Å². The van der Waals surface area contributed by atoms with Crippen LogP contribution in [0.2, 0.25) is 0 Å². The Kier molecular flexibility index (Phi) is 5.38. The average Bonchev–Trinajstić information content (AvgIpc) is 2.35. The summed E-state index contributed by atoms with van der Waals surface area (Å²) < 4.78 is 4.94. The minimum atomic E-state index is -0.122. The van der Waals surface area contributed by atoms with E-state index < -0.39 is 0 Å². The Hall–Kier alpha value is -1.53. The molecule has 0 aromatic carbocycles. The molecule has 6 nitrogen and oxygen atoms in total. The van der Waals surface area contributed by atoms with E-state index in [0.29, 0.717) is 31.8 Å². The number of hydrogen-bond donors (Lipinski definition) is 1. The smallest absolute Gasteiger partial charge is 0.257 e. The van der Waals surface area contributed by atoms with Crippen LogP contribution in [0.15, 0.2) is 18.7 Å². The van der Waals surface area contributed by atoms with Crippen LogP contribution in [0.4, 0.5) is 0 Å². The third-order valence-corrected chi connectivity index (χ3v) is 2.06. The van der Waals surface area contributed by atoms with Crippen LogP contribution in [-0.2, 0) is 4.74 Å². The van der Waals surface area contributed by atoms with E-state index in [1.165, 1.54) is 18.7 Å². The van der Waals surface area contributed by atoms with Gasteiger partial charge in [0.25, 0.3) is 5.91 Å². The van der Waals surface area contributed by atoms with Crippen molar-refractivity contribution in [2.45, 2.75) is 0 Å². The number of carbonyl (C=O) groups is 1. The molecule has 1 heterocycles. The number of amides is 1. The fourth-order valence-corrected chi connectivity index (χ4v) is 1.26. The number of ether oxygens (including phenoxy) is 1. The first kappa shape index (κ1) is 12.5. The van der Waals surface area contributed by atoms with Gasteiger partial charge in [-0.25, -0.2) is 9.97 Å². The number of carbonyl (C=O) groups excluding carboxylic acids is 1. The third kappa shape index (κ3) is 3.56. The minimum absolute atomic E-state index is 0.122. The van der Waals surface area contributed by atoms with Crippen LogP contribution in [-0.4, -0.2) is 54.1 Å². The van der Waals surface area contributed by atoms with E-state index in [1.807, 2.05) is 0 Å². The van der Waals surface area contributed by atoms with Crippen molar-refractivity contribution >= 4 is 5.91 Å². The van der Waals surface area contributed by atoms with Crippen molar-refractivity contribution < 1.29 is 9.53 Å². The zero-order valence-corrected chi connectivity index (χ0v) is 9.30. The number of methoxy groups -OCH3 is 1. The molecule has 1 amide bonds. The topological polar surface area (TPSA) is 81.3 Å². The van der Waals surface area contributed by atoms with Gasteiger partial charge in [0.05, 0.1) is 12.2 Å². The quantitative estimate of drug-likeness (QED) is 0.706. The van der Waals surface area contributed by atoms with Gasteiger partial charge >= 0.3 is 0 Å². The second-order valence-corrected chi connectivity index (χ2v) is 3.20. The number of aromatic nitrogens is 2. The van der Waals surface area contributed by atoms with E-state index in [9.17, 15) is 4.79 Å². The maximum absolute atomic E-state index is 12.0. The highest BCUT2D eigenvalue weighted by atomic mass is 16.5. The van der Waals surface area contributed by atoms with Crippen molar-refractivity contribution in [1.29, 1.82) is 0 Å². The first-order chi connectivity index (χ1) is 7.79. The monoisotopic (exact) mass is 224 g/mol. The summed E-state index contributed by atoms with van der Waals surface area (Å²) in [5.41, 5.74) is 5.92. The summed E-state index contributed by atoms with van der Waals surface area (Å²) in [6.07, 6.45) is 4.37. The van der Waals surface area contributed by atoms with Crippen LogP contribution in [0.25, 0.3) is 0 Å². The second kappa shape index (κ2) is 6.86. The summed E-state index contributed by atoms with van der Waals surface area (Å²) in [6, 6.07) is 0. The van der Waals surface area contributed by atoms with Gasteiger partial charge in [-0.3, -0.25) is 4.79 Å². The lowest BCUT2D eigenvalue weighted by molar-refractivity contribution is 0.0700. The molecule has 0 unspecified atom stereocenters. The Morgan fingerprint density at radius 1 is 1.44 bits per heavy atom. The van der Waals surface area contributed by atoms with Crippen molar-refractivity contribution in [3.8, 4) is 0 Å². The molecule has 0 bridgehead atoms. The molecule has 2 N–H and O–H groups in total. The lowest BCUT2D eigenvalue weighted by atomic mass is 10.3. The second-order valence-electron chi connectivity index (χ2n) is 3.20. The molecule has 6 heteroatoms. The van der Waals surface area contributed by atoms with Gasteiger partial charge in [0, 0.05) is 39.1 Å². The highest BCUT2D eigenvalue weighted by Gasteiger charge is 2.14. The number of nitrogens with zero attached hydrogens (tertiary/aromatic N) is 3. The summed E-state index contributed by atoms with van der Waals surface area (Å²) in [6.45, 7) is 1.92. The molecule has 16 heavy (non-hydrogen) atoms. The van der Waals surface area contributed by atoms with E-state index in [1.54, 1.807) is 12.0 Å². The van der Waals surface area contributed by atoms with Crippen LogP contribution in [0.5, 0.6) is 0 Å². The molecular weight excluding hydrogens is 208 g/mol. The summed E-state index contributed by atoms with van der Waals surface area (Å²) in [4.78, 5) is 21.2.